The Hall–Kier alpha value is -1.09. The van der Waals surface area contributed by atoms with E-state index in [4.69, 9.17) is 11.6 Å². The van der Waals surface area contributed by atoms with Gasteiger partial charge in [0.25, 0.3) is 0 Å². The number of hydrogen-bond acceptors (Lipinski definition) is 3. The van der Waals surface area contributed by atoms with Crippen molar-refractivity contribution in [3.05, 3.63) is 22.7 Å². The Bertz CT molecular complexity index is 362. The van der Waals surface area contributed by atoms with Gasteiger partial charge in [0.15, 0.2) is 5.52 Å². The summed E-state index contributed by atoms with van der Waals surface area (Å²) in [5, 5.41) is 7.95. The van der Waals surface area contributed by atoms with Crippen molar-refractivity contribution in [1.82, 2.24) is 10.3 Å². The van der Waals surface area contributed by atoms with Crippen molar-refractivity contribution in [3.63, 3.8) is 0 Å². The number of hydrogen-bond donors (Lipinski definition) is 0. The third kappa shape index (κ3) is 3.20. The molecule has 0 N–H and O–H groups in total. The molecule has 1 aromatic heterocycles. The fraction of sp³-hybridized carbons (Fsp3) is 0.455. The summed E-state index contributed by atoms with van der Waals surface area (Å²) in [6.45, 7) is 9.93. The molecule has 0 fully saturated rings. The molecule has 15 heavy (non-hydrogen) atoms. The zero-order valence-corrected chi connectivity index (χ0v) is 10.6. The van der Waals surface area contributed by atoms with Gasteiger partial charge in [-0.2, -0.15) is 0 Å². The fourth-order valence-corrected chi connectivity index (χ4v) is 1.15. The topological polar surface area (TPSA) is 38.9 Å². The maximum Gasteiger partial charge on any atom is 0.154 e. The minimum atomic E-state index is 0.576. The lowest BCUT2D eigenvalue weighted by Crippen LogP contribution is -1.76. The second kappa shape index (κ2) is 7.23. The van der Waals surface area contributed by atoms with Crippen LogP contribution in [0.2, 0.25) is 5.02 Å². The van der Waals surface area contributed by atoms with Crippen LogP contribution in [0.1, 0.15) is 33.3 Å². The Morgan fingerprint density at radius 2 is 1.53 bits per heavy atom. The molecule has 1 heterocycles. The summed E-state index contributed by atoms with van der Waals surface area (Å²) in [6, 6.07) is 3.66. The quantitative estimate of drug-likeness (QED) is 0.677. The van der Waals surface area contributed by atoms with Gasteiger partial charge in [-0.1, -0.05) is 45.4 Å². The number of benzene rings is 1. The van der Waals surface area contributed by atoms with Gasteiger partial charge in [0, 0.05) is 0 Å². The molecule has 4 heteroatoms. The summed E-state index contributed by atoms with van der Waals surface area (Å²) in [4.78, 5) is 0. The normalized spacial score (nSPS) is 8.67. The van der Waals surface area contributed by atoms with Crippen molar-refractivity contribution in [2.45, 2.75) is 34.6 Å². The van der Waals surface area contributed by atoms with E-state index in [2.05, 4.69) is 14.9 Å². The summed E-state index contributed by atoms with van der Waals surface area (Å²) in [6.07, 6.45) is 0. The standard InChI is InChI=1S/C7H5ClN2O.2C2H6/c1-4-2-3-5(8)7-6(4)9-11-10-7;2*1-2/h2-3H,1H3;2*1-2H3. The average molecular weight is 229 g/mol. The summed E-state index contributed by atoms with van der Waals surface area (Å²) < 4.78 is 4.54. The maximum absolute atomic E-state index is 5.81. The molecule has 0 aliphatic carbocycles. The maximum atomic E-state index is 5.81. The highest BCUT2D eigenvalue weighted by Crippen LogP contribution is 2.22. The molecule has 2 rings (SSSR count). The highest BCUT2D eigenvalue weighted by molar-refractivity contribution is 6.34. The number of rotatable bonds is 0. The van der Waals surface area contributed by atoms with E-state index in [-0.39, 0.29) is 0 Å². The van der Waals surface area contributed by atoms with Crippen LogP contribution in [0.3, 0.4) is 0 Å². The van der Waals surface area contributed by atoms with Crippen molar-refractivity contribution in [1.29, 1.82) is 0 Å². The molecule has 2 aromatic rings. The molecular weight excluding hydrogens is 212 g/mol. The molecular formula is C11H17ClN2O. The van der Waals surface area contributed by atoms with E-state index < -0.39 is 0 Å². The molecule has 0 amide bonds. The summed E-state index contributed by atoms with van der Waals surface area (Å²) in [5.41, 5.74) is 2.38. The van der Waals surface area contributed by atoms with E-state index in [1.54, 1.807) is 6.07 Å². The van der Waals surface area contributed by atoms with Crippen molar-refractivity contribution >= 4 is 22.6 Å². The number of halogens is 1. The number of nitrogens with zero attached hydrogens (tertiary/aromatic N) is 2. The zero-order chi connectivity index (χ0) is 11.8. The van der Waals surface area contributed by atoms with Crippen molar-refractivity contribution < 1.29 is 4.63 Å². The summed E-state index contributed by atoms with van der Waals surface area (Å²) in [7, 11) is 0. The highest BCUT2D eigenvalue weighted by Gasteiger charge is 2.06. The van der Waals surface area contributed by atoms with Crippen LogP contribution in [0.15, 0.2) is 16.8 Å². The second-order valence-electron chi connectivity index (χ2n) is 2.33. The molecule has 0 saturated heterocycles. The van der Waals surface area contributed by atoms with E-state index in [1.807, 2.05) is 40.7 Å². The Balaban J connectivity index is 0.000000442. The van der Waals surface area contributed by atoms with Crippen LogP contribution in [0.5, 0.6) is 0 Å². The first-order chi connectivity index (χ1) is 7.29. The molecule has 0 aliphatic rings. The second-order valence-corrected chi connectivity index (χ2v) is 2.73. The van der Waals surface area contributed by atoms with Gasteiger partial charge in [-0.05, 0) is 28.9 Å². The van der Waals surface area contributed by atoms with Crippen molar-refractivity contribution in [2.75, 3.05) is 0 Å². The first-order valence-corrected chi connectivity index (χ1v) is 5.54. The van der Waals surface area contributed by atoms with Crippen LogP contribution >= 0.6 is 11.6 Å². The average Bonchev–Trinajstić information content (AvgIpc) is 2.79. The molecule has 0 spiro atoms. The molecule has 0 bridgehead atoms. The van der Waals surface area contributed by atoms with E-state index in [1.165, 1.54) is 0 Å². The largest absolute Gasteiger partial charge is 0.243 e. The Morgan fingerprint density at radius 1 is 1.00 bits per heavy atom. The predicted molar refractivity (Wildman–Crippen MR) is 64.2 cm³/mol. The monoisotopic (exact) mass is 228 g/mol. The number of aromatic nitrogens is 2. The fourth-order valence-electron chi connectivity index (χ4n) is 0.960. The van der Waals surface area contributed by atoms with Gasteiger partial charge < -0.3 is 0 Å². The van der Waals surface area contributed by atoms with Gasteiger partial charge in [0.2, 0.25) is 0 Å². The lowest BCUT2D eigenvalue weighted by Gasteiger charge is -1.91. The van der Waals surface area contributed by atoms with E-state index >= 15 is 0 Å². The molecule has 0 atom stereocenters. The van der Waals surface area contributed by atoms with Gasteiger partial charge in [-0.25, -0.2) is 4.63 Å². The van der Waals surface area contributed by atoms with Crippen LogP contribution < -0.4 is 0 Å². The van der Waals surface area contributed by atoms with Gasteiger partial charge >= 0.3 is 0 Å². The third-order valence-corrected chi connectivity index (χ3v) is 1.87. The Labute approximate surface area is 95.4 Å². The van der Waals surface area contributed by atoms with Crippen LogP contribution in [-0.4, -0.2) is 10.3 Å². The van der Waals surface area contributed by atoms with Gasteiger partial charge in [-0.15, -0.1) is 0 Å². The SMILES string of the molecule is CC.CC.Cc1ccc(Cl)c2nonc12. The predicted octanol–water partition coefficient (Wildman–Crippen LogP) is 4.24. The first-order valence-electron chi connectivity index (χ1n) is 5.16. The molecule has 0 saturated carbocycles. The number of aryl methyl sites for hydroxylation is 1. The molecule has 0 aliphatic heterocycles. The van der Waals surface area contributed by atoms with E-state index in [9.17, 15) is 0 Å². The number of fused-ring (bicyclic) bond motifs is 1. The molecule has 0 unspecified atom stereocenters. The Morgan fingerprint density at radius 3 is 2.07 bits per heavy atom. The van der Waals surface area contributed by atoms with E-state index in [0.29, 0.717) is 10.5 Å². The van der Waals surface area contributed by atoms with Crippen LogP contribution in [0.4, 0.5) is 0 Å². The molecule has 84 valence electrons. The van der Waals surface area contributed by atoms with Crippen molar-refractivity contribution in [2.24, 2.45) is 0 Å². The summed E-state index contributed by atoms with van der Waals surface area (Å²) >= 11 is 5.81. The van der Waals surface area contributed by atoms with Crippen LogP contribution in [-0.2, 0) is 0 Å². The zero-order valence-electron chi connectivity index (χ0n) is 9.84. The minimum absolute atomic E-state index is 0.576. The minimum Gasteiger partial charge on any atom is -0.243 e. The molecule has 1 aromatic carbocycles. The van der Waals surface area contributed by atoms with E-state index in [0.717, 1.165) is 11.1 Å². The Kier molecular flexibility index (Phi) is 6.71. The summed E-state index contributed by atoms with van der Waals surface area (Å²) in [5.74, 6) is 0. The van der Waals surface area contributed by atoms with Crippen LogP contribution in [0.25, 0.3) is 11.0 Å². The highest BCUT2D eigenvalue weighted by atomic mass is 35.5. The van der Waals surface area contributed by atoms with Crippen LogP contribution in [0, 0.1) is 6.92 Å². The lowest BCUT2D eigenvalue weighted by atomic mass is 10.2. The molecule has 3 nitrogen and oxygen atoms in total. The smallest absolute Gasteiger partial charge is 0.154 e. The lowest BCUT2D eigenvalue weighted by molar-refractivity contribution is 0.315. The van der Waals surface area contributed by atoms with Crippen molar-refractivity contribution in [3.8, 4) is 0 Å². The molecule has 0 radical (unpaired) electrons. The van der Waals surface area contributed by atoms with Gasteiger partial charge in [0.1, 0.15) is 5.52 Å². The third-order valence-electron chi connectivity index (χ3n) is 1.57. The van der Waals surface area contributed by atoms with Gasteiger partial charge in [0.05, 0.1) is 5.02 Å². The first kappa shape index (κ1) is 13.9. The van der Waals surface area contributed by atoms with Gasteiger partial charge in [-0.3, -0.25) is 0 Å².